The molecular weight excluding hydrogens is 839 g/mol. The van der Waals surface area contributed by atoms with E-state index in [0.29, 0.717) is 36.5 Å². The van der Waals surface area contributed by atoms with Crippen LogP contribution in [-0.2, 0) is 9.59 Å². The Labute approximate surface area is 373 Å². The maximum absolute atomic E-state index is 16.1. The van der Waals surface area contributed by atoms with E-state index >= 15 is 8.78 Å². The summed E-state index contributed by atoms with van der Waals surface area (Å²) < 4.78 is 34.1. The summed E-state index contributed by atoms with van der Waals surface area (Å²) in [6, 6.07) is 14.2. The summed E-state index contributed by atoms with van der Waals surface area (Å²) >= 11 is 3.19. The van der Waals surface area contributed by atoms with Crippen LogP contribution < -0.4 is 10.6 Å². The maximum atomic E-state index is 16.1. The van der Waals surface area contributed by atoms with Crippen LogP contribution >= 0.6 is 22.7 Å². The van der Waals surface area contributed by atoms with Crippen LogP contribution in [0.25, 0.3) is 26.6 Å². The van der Waals surface area contributed by atoms with Crippen LogP contribution in [0.4, 0.5) is 8.78 Å². The van der Waals surface area contributed by atoms with Gasteiger partial charge in [0.05, 0.1) is 33.4 Å². The van der Waals surface area contributed by atoms with E-state index in [1.165, 1.54) is 23.1 Å². The van der Waals surface area contributed by atoms with E-state index in [0.717, 1.165) is 54.6 Å². The molecule has 0 spiro atoms. The summed E-state index contributed by atoms with van der Waals surface area (Å²) in [5.74, 6) is -1.51. The quantitative estimate of drug-likeness (QED) is 0.149. The number of hydrogen-bond donors (Lipinski definition) is 2. The van der Waals surface area contributed by atoms with Gasteiger partial charge in [0.1, 0.15) is 40.6 Å². The molecule has 5 heterocycles. The molecule has 0 bridgehead atoms. The number of fused-ring (bicyclic) bond motifs is 3. The minimum absolute atomic E-state index is 0.150. The number of aryl methyl sites for hydroxylation is 3. The number of hydrogen-bond acceptors (Lipinski definition) is 9. The first-order valence-electron chi connectivity index (χ1n) is 21.0. The van der Waals surface area contributed by atoms with Gasteiger partial charge >= 0.3 is 0 Å². The average Bonchev–Trinajstić information content (AvgIpc) is 4.04. The van der Waals surface area contributed by atoms with Gasteiger partial charge < -0.3 is 15.5 Å². The van der Waals surface area contributed by atoms with Crippen molar-refractivity contribution in [3.8, 4) is 26.6 Å². The van der Waals surface area contributed by atoms with E-state index in [9.17, 15) is 14.4 Å². The highest BCUT2D eigenvalue weighted by Crippen LogP contribution is 2.39. The zero-order valence-corrected chi connectivity index (χ0v) is 38.4. The molecule has 0 aliphatic carbocycles. The molecule has 63 heavy (non-hydrogen) atoms. The monoisotopic (exact) mass is 888 g/mol. The van der Waals surface area contributed by atoms with Gasteiger partial charge in [0.25, 0.3) is 5.91 Å². The van der Waals surface area contributed by atoms with Crippen LogP contribution in [0.2, 0.25) is 0 Å². The second-order valence-corrected chi connectivity index (χ2v) is 19.6. The molecule has 11 nitrogen and oxygen atoms in total. The summed E-state index contributed by atoms with van der Waals surface area (Å²) in [5.41, 5.74) is 7.19. The van der Waals surface area contributed by atoms with Crippen LogP contribution in [0.5, 0.6) is 0 Å². The smallest absolute Gasteiger partial charge is 0.254 e. The van der Waals surface area contributed by atoms with Crippen molar-refractivity contribution in [2.45, 2.75) is 99.3 Å². The van der Waals surface area contributed by atoms with Crippen molar-refractivity contribution in [2.75, 3.05) is 6.54 Å². The topological polar surface area (TPSA) is 134 Å². The molecule has 6 aromatic rings. The summed E-state index contributed by atoms with van der Waals surface area (Å²) in [4.78, 5) is 54.8. The van der Waals surface area contributed by atoms with Gasteiger partial charge in [0, 0.05) is 28.1 Å². The highest BCUT2D eigenvalue weighted by molar-refractivity contribution is 7.15. The van der Waals surface area contributed by atoms with E-state index in [4.69, 9.17) is 4.99 Å². The number of amides is 3. The summed E-state index contributed by atoms with van der Waals surface area (Å²) in [6.45, 7) is 17.5. The Bertz CT molecular complexity index is 2800. The van der Waals surface area contributed by atoms with Crippen LogP contribution in [0.1, 0.15) is 114 Å². The first-order chi connectivity index (χ1) is 29.9. The van der Waals surface area contributed by atoms with Crippen molar-refractivity contribution >= 4 is 46.1 Å². The van der Waals surface area contributed by atoms with Crippen molar-refractivity contribution in [2.24, 2.45) is 10.4 Å². The number of likely N-dealkylation sites (tertiary alicyclic amines) is 1. The third kappa shape index (κ3) is 8.24. The van der Waals surface area contributed by atoms with Gasteiger partial charge in [-0.2, -0.15) is 0 Å². The Morgan fingerprint density at radius 3 is 2.25 bits per heavy atom. The minimum Gasteiger partial charge on any atom is -0.348 e. The largest absolute Gasteiger partial charge is 0.348 e. The van der Waals surface area contributed by atoms with E-state index in [1.807, 2.05) is 96.7 Å². The van der Waals surface area contributed by atoms with Gasteiger partial charge in [-0.25, -0.2) is 13.8 Å². The van der Waals surface area contributed by atoms with Gasteiger partial charge in [0.2, 0.25) is 11.8 Å². The summed E-state index contributed by atoms with van der Waals surface area (Å²) in [5, 5.41) is 15.5. The van der Waals surface area contributed by atoms with E-state index in [2.05, 4.69) is 25.8 Å². The fourth-order valence-electron chi connectivity index (χ4n) is 8.47. The SMILES string of the molecule is Cc1ncsc1-c1ccc(C(C)NC(=O)C2CCCN2C(=O)C(NC(=O)c2ccc(-c3ccc(C4=NC(C)c5nnc(C)n5-c5sc(C)c(C)c54)cc3F)cc2F)C(C)(C)C)cc1. The Morgan fingerprint density at radius 1 is 0.889 bits per heavy atom. The average molecular weight is 889 g/mol. The highest BCUT2D eigenvalue weighted by Gasteiger charge is 2.42. The molecule has 3 aromatic carbocycles. The molecule has 8 rings (SSSR count). The molecule has 4 unspecified atom stereocenters. The Hall–Kier alpha value is -5.93. The molecule has 0 saturated carbocycles. The molecule has 2 N–H and O–H groups in total. The van der Waals surface area contributed by atoms with E-state index in [1.54, 1.807) is 34.8 Å². The van der Waals surface area contributed by atoms with Gasteiger partial charge in [-0.3, -0.25) is 23.9 Å². The van der Waals surface area contributed by atoms with Crippen LogP contribution in [0, 0.1) is 44.7 Å². The van der Waals surface area contributed by atoms with Gasteiger partial charge in [-0.05, 0) is 100 Å². The van der Waals surface area contributed by atoms with Gasteiger partial charge in [-0.1, -0.05) is 63.2 Å². The van der Waals surface area contributed by atoms with Crippen LogP contribution in [0.3, 0.4) is 0 Å². The van der Waals surface area contributed by atoms with Crippen molar-refractivity contribution in [1.82, 2.24) is 35.3 Å². The Morgan fingerprint density at radius 2 is 1.59 bits per heavy atom. The second-order valence-electron chi connectivity index (χ2n) is 17.5. The van der Waals surface area contributed by atoms with E-state index < -0.39 is 40.9 Å². The number of nitrogens with one attached hydrogen (secondary N) is 2. The zero-order chi connectivity index (χ0) is 45.1. The molecule has 1 fully saturated rings. The number of rotatable bonds is 9. The predicted molar refractivity (Wildman–Crippen MR) is 244 cm³/mol. The Kier molecular flexibility index (Phi) is 11.8. The first kappa shape index (κ1) is 43.7. The number of aromatic nitrogens is 4. The molecule has 2 aliphatic rings. The van der Waals surface area contributed by atoms with Crippen molar-refractivity contribution in [3.63, 3.8) is 0 Å². The van der Waals surface area contributed by atoms with Crippen LogP contribution in [-0.4, -0.2) is 66.7 Å². The Balaban J connectivity index is 0.971. The zero-order valence-electron chi connectivity index (χ0n) is 36.8. The number of benzene rings is 3. The molecule has 15 heteroatoms. The normalized spacial score (nSPS) is 17.1. The van der Waals surface area contributed by atoms with Gasteiger partial charge in [0.15, 0.2) is 5.82 Å². The molecule has 3 amide bonds. The number of carbonyl (C=O) groups is 3. The molecule has 3 aromatic heterocycles. The third-order valence-electron chi connectivity index (χ3n) is 12.1. The number of thiophene rings is 1. The fourth-order valence-corrected chi connectivity index (χ4v) is 10.5. The minimum atomic E-state index is -1.08. The lowest BCUT2D eigenvalue weighted by Gasteiger charge is -2.35. The maximum Gasteiger partial charge on any atom is 0.254 e. The number of halogens is 2. The third-order valence-corrected chi connectivity index (χ3v) is 14.3. The predicted octanol–water partition coefficient (Wildman–Crippen LogP) is 9.56. The second kappa shape index (κ2) is 17.0. The molecule has 0 radical (unpaired) electrons. The van der Waals surface area contributed by atoms with Crippen LogP contribution in [0.15, 0.2) is 71.2 Å². The van der Waals surface area contributed by atoms with Crippen molar-refractivity contribution < 1.29 is 23.2 Å². The molecular formula is C48H50F2N8O3S2. The molecule has 1 saturated heterocycles. The standard InChI is InChI=1S/C48H50F2N8O3S2/c1-24-28(5)63-47-39(24)40(52-27(4)43-56-55-29(6)58(43)47)33-17-18-34(36(49)22-33)32-16-19-35(37(50)21-32)44(59)54-42(48(7,8)9)46(61)57-20-10-11-38(57)45(60)53-25(2)30-12-14-31(15-13-30)41-26(3)51-23-62-41/h12-19,21-23,25,27,38,42H,10-11,20H2,1-9H3,(H,53,60)(H,54,59). The van der Waals surface area contributed by atoms with Gasteiger partial charge in [-0.15, -0.1) is 32.9 Å². The molecule has 4 atom stereocenters. The number of thiazole rings is 1. The van der Waals surface area contributed by atoms with Crippen molar-refractivity contribution in [1.29, 1.82) is 0 Å². The number of aliphatic imine (C=N–C) groups is 1. The van der Waals surface area contributed by atoms with E-state index in [-0.39, 0.29) is 34.7 Å². The molecule has 2 aliphatic heterocycles. The number of nitrogens with zero attached hydrogens (tertiary/aromatic N) is 6. The lowest BCUT2D eigenvalue weighted by atomic mass is 9.85. The fraction of sp³-hybridized carbons (Fsp3) is 0.354. The van der Waals surface area contributed by atoms with Crippen molar-refractivity contribution in [3.05, 3.63) is 128 Å². The number of carbonyl (C=O) groups excluding carboxylic acids is 3. The lowest BCUT2D eigenvalue weighted by molar-refractivity contribution is -0.142. The summed E-state index contributed by atoms with van der Waals surface area (Å²) in [6.07, 6.45) is 1.09. The summed E-state index contributed by atoms with van der Waals surface area (Å²) in [7, 11) is 0. The lowest BCUT2D eigenvalue weighted by Crippen LogP contribution is -2.57. The molecule has 326 valence electrons. The highest BCUT2D eigenvalue weighted by atomic mass is 32.1. The first-order valence-corrected chi connectivity index (χ1v) is 22.7.